The molecule has 0 spiro atoms. The number of hydrogen-bond donors (Lipinski definition) is 1. The summed E-state index contributed by atoms with van der Waals surface area (Å²) in [6.45, 7) is 4.10. The molecule has 1 aliphatic carbocycles. The molecule has 2 aromatic heterocycles. The Kier molecular flexibility index (Phi) is 3.74. The topological polar surface area (TPSA) is 55.6 Å². The van der Waals surface area contributed by atoms with Crippen LogP contribution in [0.4, 0.5) is 5.00 Å². The van der Waals surface area contributed by atoms with Crippen molar-refractivity contribution in [3.05, 3.63) is 11.5 Å². The molecule has 0 aromatic carbocycles. The Morgan fingerprint density at radius 2 is 1.90 bits per heavy atom. The molecule has 1 fully saturated rings. The van der Waals surface area contributed by atoms with Crippen LogP contribution in [0.2, 0.25) is 0 Å². The maximum absolute atomic E-state index is 4.46. The minimum atomic E-state index is 0.540. The normalized spacial score (nSPS) is 16.6. The third-order valence-corrected chi connectivity index (χ3v) is 5.08. The Morgan fingerprint density at radius 3 is 2.60 bits per heavy atom. The van der Waals surface area contributed by atoms with Crippen LogP contribution in [0.15, 0.2) is 0 Å². The van der Waals surface area contributed by atoms with Crippen molar-refractivity contribution in [2.75, 3.05) is 12.4 Å². The molecule has 20 heavy (non-hydrogen) atoms. The van der Waals surface area contributed by atoms with Crippen molar-refractivity contribution in [3.63, 3.8) is 0 Å². The maximum atomic E-state index is 4.46. The van der Waals surface area contributed by atoms with E-state index >= 15 is 0 Å². The van der Waals surface area contributed by atoms with Crippen molar-refractivity contribution < 1.29 is 0 Å². The van der Waals surface area contributed by atoms with Crippen molar-refractivity contribution in [1.82, 2.24) is 19.1 Å². The van der Waals surface area contributed by atoms with E-state index in [1.165, 1.54) is 43.6 Å². The third kappa shape index (κ3) is 2.22. The maximum Gasteiger partial charge on any atom is 0.169 e. The van der Waals surface area contributed by atoms with Crippen LogP contribution >= 0.6 is 11.5 Å². The molecule has 1 saturated carbocycles. The lowest BCUT2D eigenvalue weighted by molar-refractivity contribution is 0.350. The van der Waals surface area contributed by atoms with E-state index in [-0.39, 0.29) is 0 Å². The SMILES string of the molecule is CNc1snc(C)c1-c1nnc(C)n1C1CCCCC1. The van der Waals surface area contributed by atoms with Crippen molar-refractivity contribution in [3.8, 4) is 11.4 Å². The van der Waals surface area contributed by atoms with Gasteiger partial charge in [0.05, 0.1) is 11.3 Å². The van der Waals surface area contributed by atoms with E-state index in [1.54, 1.807) is 0 Å². The Hall–Kier alpha value is -1.43. The van der Waals surface area contributed by atoms with Gasteiger partial charge >= 0.3 is 0 Å². The molecular formula is C14H21N5S. The fourth-order valence-corrected chi connectivity index (χ4v) is 3.86. The van der Waals surface area contributed by atoms with Crippen molar-refractivity contribution in [2.24, 2.45) is 0 Å². The first-order valence-corrected chi connectivity index (χ1v) is 8.05. The predicted molar refractivity (Wildman–Crippen MR) is 82.3 cm³/mol. The summed E-state index contributed by atoms with van der Waals surface area (Å²) in [5.41, 5.74) is 2.15. The van der Waals surface area contributed by atoms with Gasteiger partial charge in [-0.05, 0) is 38.2 Å². The fraction of sp³-hybridized carbons (Fsp3) is 0.643. The van der Waals surface area contributed by atoms with Gasteiger partial charge in [0.15, 0.2) is 5.82 Å². The number of aryl methyl sites for hydroxylation is 2. The lowest BCUT2D eigenvalue weighted by Crippen LogP contribution is -2.15. The Balaban J connectivity index is 2.08. The molecule has 3 rings (SSSR count). The summed E-state index contributed by atoms with van der Waals surface area (Å²) < 4.78 is 6.79. The van der Waals surface area contributed by atoms with Gasteiger partial charge in [0.25, 0.3) is 0 Å². The molecule has 0 saturated heterocycles. The molecular weight excluding hydrogens is 270 g/mol. The molecule has 0 unspecified atom stereocenters. The van der Waals surface area contributed by atoms with Crippen LogP contribution in [0.1, 0.15) is 49.7 Å². The minimum absolute atomic E-state index is 0.540. The van der Waals surface area contributed by atoms with Gasteiger partial charge < -0.3 is 9.88 Å². The fourth-order valence-electron chi connectivity index (χ4n) is 3.12. The Labute approximate surface area is 123 Å². The van der Waals surface area contributed by atoms with Crippen molar-refractivity contribution in [1.29, 1.82) is 0 Å². The summed E-state index contributed by atoms with van der Waals surface area (Å²) >= 11 is 1.49. The molecule has 0 atom stereocenters. The molecule has 1 aliphatic rings. The van der Waals surface area contributed by atoms with Gasteiger partial charge in [-0.1, -0.05) is 19.3 Å². The summed E-state index contributed by atoms with van der Waals surface area (Å²) in [7, 11) is 1.94. The second-order valence-electron chi connectivity index (χ2n) is 5.45. The van der Waals surface area contributed by atoms with E-state index in [4.69, 9.17) is 0 Å². The zero-order valence-electron chi connectivity index (χ0n) is 12.3. The van der Waals surface area contributed by atoms with Gasteiger partial charge in [-0.3, -0.25) is 0 Å². The molecule has 1 N–H and O–H groups in total. The molecule has 5 nitrogen and oxygen atoms in total. The monoisotopic (exact) mass is 291 g/mol. The molecule has 0 amide bonds. The lowest BCUT2D eigenvalue weighted by atomic mass is 9.95. The van der Waals surface area contributed by atoms with Gasteiger partial charge in [0.1, 0.15) is 10.8 Å². The summed E-state index contributed by atoms with van der Waals surface area (Å²) in [6, 6.07) is 0.540. The highest BCUT2D eigenvalue weighted by Gasteiger charge is 2.25. The number of nitrogens with zero attached hydrogens (tertiary/aromatic N) is 4. The second kappa shape index (κ2) is 5.52. The number of nitrogens with one attached hydrogen (secondary N) is 1. The second-order valence-corrected chi connectivity index (χ2v) is 6.23. The Bertz CT molecular complexity index is 595. The smallest absolute Gasteiger partial charge is 0.169 e. The number of anilines is 1. The standard InChI is InChI=1S/C14H21N5S/c1-9-12(14(15-3)20-18-9)13-17-16-10(2)19(13)11-7-5-4-6-8-11/h11,15H,4-8H2,1-3H3. The van der Waals surface area contributed by atoms with Gasteiger partial charge in [0.2, 0.25) is 0 Å². The number of rotatable bonds is 3. The summed E-state index contributed by atoms with van der Waals surface area (Å²) in [5, 5.41) is 13.1. The zero-order valence-corrected chi connectivity index (χ0v) is 13.1. The average Bonchev–Trinajstić information content (AvgIpc) is 3.02. The van der Waals surface area contributed by atoms with Crippen LogP contribution in [0.25, 0.3) is 11.4 Å². The third-order valence-electron chi connectivity index (χ3n) is 4.12. The summed E-state index contributed by atoms with van der Waals surface area (Å²) in [6.07, 6.45) is 6.44. The van der Waals surface area contributed by atoms with Crippen molar-refractivity contribution >= 4 is 16.5 Å². The van der Waals surface area contributed by atoms with Crippen LogP contribution < -0.4 is 5.32 Å². The zero-order chi connectivity index (χ0) is 14.1. The van der Waals surface area contributed by atoms with Gasteiger partial charge in [-0.2, -0.15) is 4.37 Å². The van der Waals surface area contributed by atoms with Gasteiger partial charge in [-0.15, -0.1) is 10.2 Å². The lowest BCUT2D eigenvalue weighted by Gasteiger charge is -2.25. The van der Waals surface area contributed by atoms with Crippen LogP contribution in [0.5, 0.6) is 0 Å². The summed E-state index contributed by atoms with van der Waals surface area (Å²) in [4.78, 5) is 0. The van der Waals surface area contributed by atoms with E-state index < -0.39 is 0 Å². The largest absolute Gasteiger partial charge is 0.378 e. The number of hydrogen-bond acceptors (Lipinski definition) is 5. The molecule has 0 radical (unpaired) electrons. The molecule has 2 aromatic rings. The average molecular weight is 291 g/mol. The number of aromatic nitrogens is 4. The highest BCUT2D eigenvalue weighted by Crippen LogP contribution is 2.37. The van der Waals surface area contributed by atoms with Gasteiger partial charge in [0, 0.05) is 13.1 Å². The van der Waals surface area contributed by atoms with E-state index in [0.717, 1.165) is 27.9 Å². The summed E-state index contributed by atoms with van der Waals surface area (Å²) in [5.74, 6) is 1.99. The molecule has 2 heterocycles. The van der Waals surface area contributed by atoms with E-state index in [0.29, 0.717) is 6.04 Å². The Morgan fingerprint density at radius 1 is 1.15 bits per heavy atom. The molecule has 6 heteroatoms. The first kappa shape index (κ1) is 13.5. The molecule has 0 aliphatic heterocycles. The van der Waals surface area contributed by atoms with Gasteiger partial charge in [-0.25, -0.2) is 0 Å². The first-order valence-electron chi connectivity index (χ1n) is 7.28. The van der Waals surface area contributed by atoms with E-state index in [2.05, 4.69) is 31.4 Å². The molecule has 0 bridgehead atoms. The quantitative estimate of drug-likeness (QED) is 0.939. The van der Waals surface area contributed by atoms with Crippen LogP contribution in [0, 0.1) is 13.8 Å². The minimum Gasteiger partial charge on any atom is -0.378 e. The highest BCUT2D eigenvalue weighted by molar-refractivity contribution is 7.10. The van der Waals surface area contributed by atoms with E-state index in [1.807, 2.05) is 14.0 Å². The van der Waals surface area contributed by atoms with Crippen LogP contribution in [0.3, 0.4) is 0 Å². The first-order chi connectivity index (χ1) is 9.72. The highest BCUT2D eigenvalue weighted by atomic mass is 32.1. The van der Waals surface area contributed by atoms with Crippen LogP contribution in [-0.2, 0) is 0 Å². The predicted octanol–water partition coefficient (Wildman–Crippen LogP) is 3.57. The molecule has 108 valence electrons. The van der Waals surface area contributed by atoms with Crippen molar-refractivity contribution in [2.45, 2.75) is 52.0 Å². The van der Waals surface area contributed by atoms with E-state index in [9.17, 15) is 0 Å². The van der Waals surface area contributed by atoms with Crippen LogP contribution in [-0.4, -0.2) is 26.2 Å².